The van der Waals surface area contributed by atoms with Crippen molar-refractivity contribution in [3.63, 3.8) is 0 Å². The number of hydrogen-bond donors (Lipinski definition) is 2. The minimum atomic E-state index is -1.20. The first-order valence-electron chi connectivity index (χ1n) is 10.7. The number of halogens is 2. The number of rotatable bonds is 11. The van der Waals surface area contributed by atoms with Crippen molar-refractivity contribution in [3.8, 4) is 28.4 Å². The molecule has 1 atom stereocenters. The minimum Gasteiger partial charge on any atom is -0.496 e. The van der Waals surface area contributed by atoms with Gasteiger partial charge in [0.15, 0.2) is 18.3 Å². The highest BCUT2D eigenvalue weighted by Crippen LogP contribution is 2.44. The fraction of sp³-hybridized carbons (Fsp3) is 0.231. The normalized spacial score (nSPS) is 11.5. The lowest BCUT2D eigenvalue weighted by atomic mass is 9.98. The first-order valence-corrected chi connectivity index (χ1v) is 11.5. The van der Waals surface area contributed by atoms with Gasteiger partial charge < -0.3 is 29.4 Å². The molecule has 2 N–H and O–H groups in total. The van der Waals surface area contributed by atoms with E-state index in [1.165, 1.54) is 26.4 Å². The minimum absolute atomic E-state index is 0.0252. The Morgan fingerprint density at radius 2 is 1.56 bits per heavy atom. The Balaban J connectivity index is 1.86. The highest BCUT2D eigenvalue weighted by atomic mass is 35.5. The summed E-state index contributed by atoms with van der Waals surface area (Å²) in [5.74, 6) is -0.354. The second kappa shape index (κ2) is 12.5. The average Bonchev–Trinajstić information content (AvgIpc) is 2.86. The quantitative estimate of drug-likeness (QED) is 0.331. The molecule has 190 valence electrons. The molecule has 0 heterocycles. The average molecular weight is 534 g/mol. The molecular weight excluding hydrogens is 509 g/mol. The molecule has 0 aliphatic rings. The SMILES string of the molecule is COCOc1ccc(OC)c(-c2ccc(C[C@H](NC(=O)c3c(Cl)cccc3Cl)C(=O)O)cc2)c1OC. The van der Waals surface area contributed by atoms with Gasteiger partial charge in [0, 0.05) is 13.5 Å². The number of methoxy groups -OCH3 is 3. The topological polar surface area (TPSA) is 103 Å². The van der Waals surface area contributed by atoms with Crippen LogP contribution in [0.2, 0.25) is 10.0 Å². The van der Waals surface area contributed by atoms with Crippen molar-refractivity contribution in [2.45, 2.75) is 12.5 Å². The standard InChI is InChI=1S/C26H25Cl2NO7/c1-33-14-36-21-12-11-20(34-2)22(24(21)35-3)16-9-7-15(8-10-16)13-19(26(31)32)29-25(30)23-17(27)5-4-6-18(23)28/h4-12,19H,13-14H2,1-3H3,(H,29,30)(H,31,32)/t19-/m0/s1. The van der Waals surface area contributed by atoms with E-state index >= 15 is 0 Å². The molecular formula is C26H25Cl2NO7. The zero-order valence-corrected chi connectivity index (χ0v) is 21.4. The molecule has 36 heavy (non-hydrogen) atoms. The number of nitrogens with one attached hydrogen (secondary N) is 1. The van der Waals surface area contributed by atoms with Gasteiger partial charge in [0.05, 0.1) is 35.4 Å². The van der Waals surface area contributed by atoms with Crippen LogP contribution in [0.4, 0.5) is 0 Å². The van der Waals surface area contributed by atoms with Crippen LogP contribution >= 0.6 is 23.2 Å². The van der Waals surface area contributed by atoms with E-state index in [1.807, 2.05) is 12.1 Å². The summed E-state index contributed by atoms with van der Waals surface area (Å²) in [6.45, 7) is 0.0444. The molecule has 0 aliphatic carbocycles. The number of carboxylic acid groups (broad SMARTS) is 1. The molecule has 0 bridgehead atoms. The number of carbonyl (C=O) groups excluding carboxylic acids is 1. The van der Waals surface area contributed by atoms with E-state index in [0.29, 0.717) is 28.4 Å². The van der Waals surface area contributed by atoms with Crippen LogP contribution in [0.5, 0.6) is 17.2 Å². The third kappa shape index (κ3) is 6.20. The van der Waals surface area contributed by atoms with Crippen LogP contribution in [0.3, 0.4) is 0 Å². The largest absolute Gasteiger partial charge is 0.496 e. The van der Waals surface area contributed by atoms with Crippen molar-refractivity contribution >= 4 is 35.1 Å². The van der Waals surface area contributed by atoms with E-state index in [1.54, 1.807) is 37.4 Å². The van der Waals surface area contributed by atoms with E-state index in [4.69, 9.17) is 42.1 Å². The van der Waals surface area contributed by atoms with Gasteiger partial charge in [0.2, 0.25) is 0 Å². The lowest BCUT2D eigenvalue weighted by Crippen LogP contribution is -2.42. The summed E-state index contributed by atoms with van der Waals surface area (Å²) < 4.78 is 21.7. The maximum absolute atomic E-state index is 12.7. The Labute approximate surface area is 218 Å². The van der Waals surface area contributed by atoms with Crippen LogP contribution in [0.1, 0.15) is 15.9 Å². The number of benzene rings is 3. The van der Waals surface area contributed by atoms with Gasteiger partial charge in [-0.2, -0.15) is 0 Å². The molecule has 0 radical (unpaired) electrons. The predicted molar refractivity (Wildman–Crippen MR) is 137 cm³/mol. The highest BCUT2D eigenvalue weighted by Gasteiger charge is 2.24. The summed E-state index contributed by atoms with van der Waals surface area (Å²) in [6.07, 6.45) is 0.0364. The van der Waals surface area contributed by atoms with E-state index in [-0.39, 0.29) is 28.8 Å². The molecule has 3 aromatic rings. The molecule has 3 rings (SSSR count). The lowest BCUT2D eigenvalue weighted by molar-refractivity contribution is -0.139. The summed E-state index contributed by atoms with van der Waals surface area (Å²) in [5.41, 5.74) is 2.13. The van der Waals surface area contributed by atoms with Gasteiger partial charge >= 0.3 is 5.97 Å². The van der Waals surface area contributed by atoms with Gasteiger partial charge in [0.25, 0.3) is 5.91 Å². The Bertz CT molecular complexity index is 1210. The van der Waals surface area contributed by atoms with Crippen molar-refractivity contribution in [2.24, 2.45) is 0 Å². The second-order valence-electron chi connectivity index (χ2n) is 7.59. The summed E-state index contributed by atoms with van der Waals surface area (Å²) >= 11 is 12.2. The Morgan fingerprint density at radius 1 is 0.917 bits per heavy atom. The third-order valence-corrected chi connectivity index (χ3v) is 5.95. The maximum Gasteiger partial charge on any atom is 0.326 e. The first-order chi connectivity index (χ1) is 17.3. The Hall–Kier alpha value is -3.46. The Kier molecular flexibility index (Phi) is 9.41. The van der Waals surface area contributed by atoms with Crippen molar-refractivity contribution < 1.29 is 33.6 Å². The van der Waals surface area contributed by atoms with Gasteiger partial charge in [0.1, 0.15) is 11.8 Å². The summed E-state index contributed by atoms with van der Waals surface area (Å²) in [7, 11) is 4.59. The van der Waals surface area contributed by atoms with E-state index in [0.717, 1.165) is 5.56 Å². The molecule has 0 fully saturated rings. The van der Waals surface area contributed by atoms with Crippen LogP contribution in [-0.4, -0.2) is 51.1 Å². The molecule has 0 spiro atoms. The van der Waals surface area contributed by atoms with Crippen molar-refractivity contribution in [1.29, 1.82) is 0 Å². The number of ether oxygens (including phenoxy) is 4. The van der Waals surface area contributed by atoms with E-state index < -0.39 is 17.9 Å². The van der Waals surface area contributed by atoms with E-state index in [2.05, 4.69) is 5.32 Å². The number of amides is 1. The van der Waals surface area contributed by atoms with Gasteiger partial charge in [-0.1, -0.05) is 53.5 Å². The zero-order valence-electron chi connectivity index (χ0n) is 19.8. The summed E-state index contributed by atoms with van der Waals surface area (Å²) in [4.78, 5) is 24.6. The lowest BCUT2D eigenvalue weighted by Gasteiger charge is -2.18. The molecule has 8 nitrogen and oxygen atoms in total. The van der Waals surface area contributed by atoms with Crippen LogP contribution in [0.25, 0.3) is 11.1 Å². The molecule has 0 aliphatic heterocycles. The van der Waals surface area contributed by atoms with Gasteiger partial charge in [-0.25, -0.2) is 4.79 Å². The fourth-order valence-corrected chi connectivity index (χ4v) is 4.19. The maximum atomic E-state index is 12.7. The van der Waals surface area contributed by atoms with Gasteiger partial charge in [-0.05, 0) is 35.4 Å². The molecule has 3 aromatic carbocycles. The number of aliphatic carboxylic acids is 1. The molecule has 0 saturated carbocycles. The smallest absolute Gasteiger partial charge is 0.326 e. The highest BCUT2D eigenvalue weighted by molar-refractivity contribution is 6.39. The predicted octanol–water partition coefficient (Wildman–Crippen LogP) is 5.09. The molecule has 1 amide bonds. The van der Waals surface area contributed by atoms with Crippen LogP contribution in [-0.2, 0) is 16.0 Å². The zero-order chi connectivity index (χ0) is 26.2. The van der Waals surface area contributed by atoms with Gasteiger partial charge in [-0.3, -0.25) is 4.79 Å². The molecule has 0 saturated heterocycles. The second-order valence-corrected chi connectivity index (χ2v) is 8.40. The molecule has 0 unspecified atom stereocenters. The Morgan fingerprint density at radius 3 is 2.11 bits per heavy atom. The summed E-state index contributed by atoms with van der Waals surface area (Å²) in [6, 6.07) is 14.0. The monoisotopic (exact) mass is 533 g/mol. The summed E-state index contributed by atoms with van der Waals surface area (Å²) in [5, 5.41) is 12.5. The van der Waals surface area contributed by atoms with Crippen molar-refractivity contribution in [2.75, 3.05) is 28.1 Å². The van der Waals surface area contributed by atoms with Crippen molar-refractivity contribution in [1.82, 2.24) is 5.32 Å². The van der Waals surface area contributed by atoms with Crippen LogP contribution < -0.4 is 19.5 Å². The molecule has 0 aromatic heterocycles. The van der Waals surface area contributed by atoms with Crippen LogP contribution in [0, 0.1) is 0 Å². The number of carbonyl (C=O) groups is 2. The van der Waals surface area contributed by atoms with Crippen LogP contribution in [0.15, 0.2) is 54.6 Å². The molecule has 10 heteroatoms. The van der Waals surface area contributed by atoms with E-state index in [9.17, 15) is 14.7 Å². The third-order valence-electron chi connectivity index (χ3n) is 5.32. The number of hydrogen-bond acceptors (Lipinski definition) is 6. The fourth-order valence-electron chi connectivity index (χ4n) is 3.62. The number of carboxylic acids is 1. The van der Waals surface area contributed by atoms with Crippen molar-refractivity contribution in [3.05, 3.63) is 75.8 Å². The first kappa shape index (κ1) is 27.1. The van der Waals surface area contributed by atoms with Gasteiger partial charge in [-0.15, -0.1) is 0 Å².